The fourth-order valence-corrected chi connectivity index (χ4v) is 5.93. The lowest BCUT2D eigenvalue weighted by Crippen LogP contribution is -2.39. The molecule has 0 bridgehead atoms. The van der Waals surface area contributed by atoms with Crippen LogP contribution in [0.3, 0.4) is 0 Å². The van der Waals surface area contributed by atoms with Crippen LogP contribution < -0.4 is 5.73 Å². The van der Waals surface area contributed by atoms with Crippen molar-refractivity contribution in [3.05, 3.63) is 0 Å². The fraction of sp³-hybridized carbons (Fsp3) is 1.00. The minimum Gasteiger partial charge on any atom is -0.328 e. The highest BCUT2D eigenvalue weighted by Gasteiger charge is 2.37. The predicted octanol–water partition coefficient (Wildman–Crippen LogP) is 2.25. The van der Waals surface area contributed by atoms with Gasteiger partial charge in [-0.3, -0.25) is 0 Å². The van der Waals surface area contributed by atoms with Crippen molar-refractivity contribution in [2.45, 2.75) is 74.8 Å². The van der Waals surface area contributed by atoms with E-state index in [1.54, 1.807) is 0 Å². The Hall–Kier alpha value is -0.0900. The van der Waals surface area contributed by atoms with Gasteiger partial charge in [0.2, 0.25) is 0 Å². The van der Waals surface area contributed by atoms with E-state index in [0.29, 0.717) is 5.92 Å². The fourth-order valence-electron chi connectivity index (χ4n) is 3.37. The monoisotopic (exact) mass is 259 g/mol. The maximum atomic E-state index is 12.6. The highest BCUT2D eigenvalue weighted by molar-refractivity contribution is 7.92. The van der Waals surface area contributed by atoms with Gasteiger partial charge >= 0.3 is 0 Å². The van der Waals surface area contributed by atoms with E-state index < -0.39 is 9.84 Å². The molecule has 2 unspecified atom stereocenters. The molecule has 0 aliphatic heterocycles. The zero-order valence-corrected chi connectivity index (χ0v) is 11.6. The Balaban J connectivity index is 2.02. The summed E-state index contributed by atoms with van der Waals surface area (Å²) in [5.41, 5.74) is 5.85. The summed E-state index contributed by atoms with van der Waals surface area (Å²) < 4.78 is 25.1. The van der Waals surface area contributed by atoms with Gasteiger partial charge in [-0.05, 0) is 44.4 Å². The van der Waals surface area contributed by atoms with Crippen molar-refractivity contribution in [2.24, 2.45) is 11.7 Å². The lowest BCUT2D eigenvalue weighted by molar-refractivity contribution is 0.372. The van der Waals surface area contributed by atoms with E-state index >= 15 is 0 Å². The third-order valence-corrected chi connectivity index (χ3v) is 7.29. The van der Waals surface area contributed by atoms with Crippen molar-refractivity contribution in [3.8, 4) is 0 Å². The molecule has 2 aliphatic carbocycles. The van der Waals surface area contributed by atoms with Gasteiger partial charge < -0.3 is 5.73 Å². The first-order chi connectivity index (χ1) is 8.00. The zero-order valence-electron chi connectivity index (χ0n) is 10.8. The smallest absolute Gasteiger partial charge is 0.156 e. The zero-order chi connectivity index (χ0) is 12.5. The third kappa shape index (κ3) is 3.02. The first-order valence-electron chi connectivity index (χ1n) is 6.98. The van der Waals surface area contributed by atoms with Gasteiger partial charge in [0.25, 0.3) is 0 Å². The van der Waals surface area contributed by atoms with E-state index in [1.165, 1.54) is 6.42 Å². The standard InChI is InChI=1S/C13H25NO2S/c1-10-3-2-4-13(9-10)17(15,16)12-7-5-11(14)6-8-12/h10-13H,2-9,14H2,1H3. The van der Waals surface area contributed by atoms with Crippen LogP contribution in [0.1, 0.15) is 58.3 Å². The summed E-state index contributed by atoms with van der Waals surface area (Å²) in [6.45, 7) is 2.18. The number of hydrogen-bond acceptors (Lipinski definition) is 3. The molecule has 2 N–H and O–H groups in total. The molecule has 2 atom stereocenters. The molecule has 0 heterocycles. The van der Waals surface area contributed by atoms with Gasteiger partial charge in [-0.15, -0.1) is 0 Å². The first kappa shape index (κ1) is 13.3. The maximum absolute atomic E-state index is 12.6. The molecule has 100 valence electrons. The summed E-state index contributed by atoms with van der Waals surface area (Å²) in [6.07, 6.45) is 7.38. The molecular formula is C13H25NO2S. The molecule has 0 aromatic rings. The quantitative estimate of drug-likeness (QED) is 0.827. The van der Waals surface area contributed by atoms with Crippen molar-refractivity contribution in [2.75, 3.05) is 0 Å². The Kier molecular flexibility index (Phi) is 4.14. The van der Waals surface area contributed by atoms with E-state index in [4.69, 9.17) is 5.73 Å². The van der Waals surface area contributed by atoms with Gasteiger partial charge in [-0.25, -0.2) is 8.42 Å². The van der Waals surface area contributed by atoms with Crippen molar-refractivity contribution < 1.29 is 8.42 Å². The van der Waals surface area contributed by atoms with Crippen LogP contribution in [-0.2, 0) is 9.84 Å². The highest BCUT2D eigenvalue weighted by Crippen LogP contribution is 2.34. The van der Waals surface area contributed by atoms with Gasteiger partial charge in [0, 0.05) is 6.04 Å². The van der Waals surface area contributed by atoms with Gasteiger partial charge in [-0.1, -0.05) is 19.8 Å². The largest absolute Gasteiger partial charge is 0.328 e. The van der Waals surface area contributed by atoms with E-state index in [-0.39, 0.29) is 16.5 Å². The van der Waals surface area contributed by atoms with Crippen LogP contribution >= 0.6 is 0 Å². The van der Waals surface area contributed by atoms with Crippen LogP contribution in [-0.4, -0.2) is 25.0 Å². The van der Waals surface area contributed by atoms with Crippen LogP contribution in [0.15, 0.2) is 0 Å². The van der Waals surface area contributed by atoms with Crippen molar-refractivity contribution in [1.29, 1.82) is 0 Å². The Bertz CT molecular complexity index is 344. The molecule has 2 aliphatic rings. The van der Waals surface area contributed by atoms with Crippen molar-refractivity contribution in [1.82, 2.24) is 0 Å². The molecule has 0 radical (unpaired) electrons. The molecular weight excluding hydrogens is 234 g/mol. The van der Waals surface area contributed by atoms with Crippen LogP contribution in [0, 0.1) is 5.92 Å². The van der Waals surface area contributed by atoms with E-state index in [9.17, 15) is 8.42 Å². The number of nitrogens with two attached hydrogens (primary N) is 1. The van der Waals surface area contributed by atoms with Gasteiger partial charge in [0.05, 0.1) is 10.5 Å². The van der Waals surface area contributed by atoms with Crippen molar-refractivity contribution >= 4 is 9.84 Å². The van der Waals surface area contributed by atoms with Crippen LogP contribution in [0.25, 0.3) is 0 Å². The van der Waals surface area contributed by atoms with Gasteiger partial charge in [0.15, 0.2) is 9.84 Å². The molecule has 0 aromatic heterocycles. The van der Waals surface area contributed by atoms with Crippen LogP contribution in [0.5, 0.6) is 0 Å². The summed E-state index contributed by atoms with van der Waals surface area (Å²) in [7, 11) is -2.90. The summed E-state index contributed by atoms with van der Waals surface area (Å²) in [4.78, 5) is 0. The average molecular weight is 259 g/mol. The molecule has 2 rings (SSSR count). The third-order valence-electron chi connectivity index (χ3n) is 4.54. The second-order valence-corrected chi connectivity index (χ2v) is 8.53. The molecule has 2 saturated carbocycles. The van der Waals surface area contributed by atoms with Crippen LogP contribution in [0.2, 0.25) is 0 Å². The molecule has 0 amide bonds. The molecule has 2 fully saturated rings. The summed E-state index contributed by atoms with van der Waals surface area (Å²) >= 11 is 0. The second-order valence-electron chi connectivity index (χ2n) is 6.02. The van der Waals surface area contributed by atoms with E-state index in [2.05, 4.69) is 6.92 Å². The normalized spacial score (nSPS) is 40.1. The highest BCUT2D eigenvalue weighted by atomic mass is 32.2. The summed E-state index contributed by atoms with van der Waals surface area (Å²) in [5.74, 6) is 0.578. The minimum atomic E-state index is -2.90. The topological polar surface area (TPSA) is 60.2 Å². The molecule has 0 saturated heterocycles. The van der Waals surface area contributed by atoms with Crippen LogP contribution in [0.4, 0.5) is 0 Å². The van der Waals surface area contributed by atoms with E-state index in [1.807, 2.05) is 0 Å². The summed E-state index contributed by atoms with van der Waals surface area (Å²) in [6, 6.07) is 0.228. The molecule has 3 nitrogen and oxygen atoms in total. The summed E-state index contributed by atoms with van der Waals surface area (Å²) in [5, 5.41) is -0.164. The minimum absolute atomic E-state index is 0.0643. The Morgan fingerprint density at radius 2 is 1.59 bits per heavy atom. The Morgan fingerprint density at radius 1 is 0.941 bits per heavy atom. The SMILES string of the molecule is CC1CCCC(S(=O)(=O)C2CCC(N)CC2)C1. The predicted molar refractivity (Wildman–Crippen MR) is 70.6 cm³/mol. The first-order valence-corrected chi connectivity index (χ1v) is 8.59. The van der Waals surface area contributed by atoms with Gasteiger partial charge in [-0.2, -0.15) is 0 Å². The van der Waals surface area contributed by atoms with E-state index in [0.717, 1.165) is 44.9 Å². The van der Waals surface area contributed by atoms with Gasteiger partial charge in [0.1, 0.15) is 0 Å². The second kappa shape index (κ2) is 5.27. The average Bonchev–Trinajstić information content (AvgIpc) is 2.29. The number of hydrogen-bond donors (Lipinski definition) is 1. The van der Waals surface area contributed by atoms with Crippen molar-refractivity contribution in [3.63, 3.8) is 0 Å². The molecule has 4 heteroatoms. The molecule has 17 heavy (non-hydrogen) atoms. The lowest BCUT2D eigenvalue weighted by atomic mass is 9.90. The lowest BCUT2D eigenvalue weighted by Gasteiger charge is -2.32. The maximum Gasteiger partial charge on any atom is 0.156 e. The Labute approximate surface area is 105 Å². The molecule has 0 spiro atoms. The Morgan fingerprint density at radius 3 is 2.18 bits per heavy atom. The molecule has 0 aromatic carbocycles. The number of sulfone groups is 1. The number of rotatable bonds is 2.